The van der Waals surface area contributed by atoms with Crippen LogP contribution in [0.1, 0.15) is 29.7 Å². The SMILES string of the molecule is Cc1cc(C(F)(F)F)nc(SCC(=O)NC(C)Cn2nc(C)cc2C)n1. The minimum absolute atomic E-state index is 0.0673. The summed E-state index contributed by atoms with van der Waals surface area (Å²) in [6.45, 7) is 7.62. The maximum Gasteiger partial charge on any atom is 0.433 e. The summed E-state index contributed by atoms with van der Waals surface area (Å²) in [4.78, 5) is 19.4. The molecule has 1 amide bonds. The topological polar surface area (TPSA) is 72.7 Å². The molecule has 0 saturated heterocycles. The summed E-state index contributed by atoms with van der Waals surface area (Å²) in [5.41, 5.74) is 1.08. The number of carbonyl (C=O) groups is 1. The zero-order valence-electron chi connectivity index (χ0n) is 14.9. The lowest BCUT2D eigenvalue weighted by atomic mass is 10.3. The molecule has 26 heavy (non-hydrogen) atoms. The van der Waals surface area contributed by atoms with Gasteiger partial charge in [0.25, 0.3) is 0 Å². The van der Waals surface area contributed by atoms with Crippen LogP contribution >= 0.6 is 11.8 Å². The second-order valence-corrected chi connectivity index (χ2v) is 6.98. The zero-order chi connectivity index (χ0) is 19.5. The molecule has 0 fully saturated rings. The number of aromatic nitrogens is 4. The van der Waals surface area contributed by atoms with Crippen molar-refractivity contribution in [2.45, 2.75) is 51.6 Å². The van der Waals surface area contributed by atoms with E-state index in [0.717, 1.165) is 29.2 Å². The summed E-state index contributed by atoms with van der Waals surface area (Å²) in [6.07, 6.45) is -4.54. The molecule has 6 nitrogen and oxygen atoms in total. The van der Waals surface area contributed by atoms with E-state index in [1.54, 1.807) is 4.68 Å². The Bertz CT molecular complexity index is 791. The Morgan fingerprint density at radius 1 is 1.23 bits per heavy atom. The first-order valence-corrected chi connectivity index (χ1v) is 8.89. The van der Waals surface area contributed by atoms with Gasteiger partial charge in [-0.25, -0.2) is 9.97 Å². The van der Waals surface area contributed by atoms with Gasteiger partial charge in [0.05, 0.1) is 18.0 Å². The summed E-state index contributed by atoms with van der Waals surface area (Å²) in [5.74, 6) is -0.370. The van der Waals surface area contributed by atoms with E-state index in [1.165, 1.54) is 6.92 Å². The van der Waals surface area contributed by atoms with Crippen molar-refractivity contribution < 1.29 is 18.0 Å². The molecule has 0 saturated carbocycles. The largest absolute Gasteiger partial charge is 0.433 e. The Labute approximate surface area is 153 Å². The molecule has 2 aromatic rings. The Morgan fingerprint density at radius 2 is 1.92 bits per heavy atom. The van der Waals surface area contributed by atoms with Gasteiger partial charge in [-0.15, -0.1) is 0 Å². The van der Waals surface area contributed by atoms with Crippen LogP contribution in [-0.2, 0) is 17.5 Å². The third-order valence-corrected chi connectivity index (χ3v) is 4.26. The van der Waals surface area contributed by atoms with Crippen LogP contribution in [0.2, 0.25) is 0 Å². The average Bonchev–Trinajstić information content (AvgIpc) is 2.81. The van der Waals surface area contributed by atoms with Crippen LogP contribution in [-0.4, -0.2) is 37.5 Å². The van der Waals surface area contributed by atoms with E-state index in [-0.39, 0.29) is 28.6 Å². The van der Waals surface area contributed by atoms with Crippen LogP contribution in [0.3, 0.4) is 0 Å². The number of hydrogen-bond acceptors (Lipinski definition) is 5. The first-order valence-electron chi connectivity index (χ1n) is 7.90. The molecular formula is C16H20F3N5OS. The van der Waals surface area contributed by atoms with E-state index in [0.29, 0.717) is 6.54 Å². The van der Waals surface area contributed by atoms with E-state index in [4.69, 9.17) is 0 Å². The van der Waals surface area contributed by atoms with Crippen LogP contribution in [0.15, 0.2) is 17.3 Å². The van der Waals surface area contributed by atoms with Crippen LogP contribution in [0.5, 0.6) is 0 Å². The van der Waals surface area contributed by atoms with Crippen LogP contribution in [0.4, 0.5) is 13.2 Å². The number of hydrogen-bond donors (Lipinski definition) is 1. The molecular weight excluding hydrogens is 367 g/mol. The number of amides is 1. The number of nitrogens with one attached hydrogen (secondary N) is 1. The van der Waals surface area contributed by atoms with Crippen molar-refractivity contribution >= 4 is 17.7 Å². The Kier molecular flexibility index (Phi) is 6.27. The van der Waals surface area contributed by atoms with Gasteiger partial charge >= 0.3 is 6.18 Å². The normalized spacial score (nSPS) is 12.9. The molecule has 0 aliphatic carbocycles. The number of alkyl halides is 3. The summed E-state index contributed by atoms with van der Waals surface area (Å²) in [5, 5.41) is 7.05. The number of halogens is 3. The highest BCUT2D eigenvalue weighted by molar-refractivity contribution is 7.99. The summed E-state index contributed by atoms with van der Waals surface area (Å²) < 4.78 is 40.1. The molecule has 0 radical (unpaired) electrons. The van der Waals surface area contributed by atoms with Gasteiger partial charge in [-0.1, -0.05) is 11.8 Å². The van der Waals surface area contributed by atoms with Gasteiger partial charge in [0.15, 0.2) is 5.16 Å². The van der Waals surface area contributed by atoms with Gasteiger partial charge in [-0.3, -0.25) is 9.48 Å². The van der Waals surface area contributed by atoms with Crippen molar-refractivity contribution in [2.75, 3.05) is 5.75 Å². The lowest BCUT2D eigenvalue weighted by Crippen LogP contribution is -2.37. The standard InChI is InChI=1S/C16H20F3N5OS/c1-9-6-13(16(17,18)19)22-15(21-9)26-8-14(25)20-11(3)7-24-12(4)5-10(2)23-24/h5-6,11H,7-8H2,1-4H3,(H,20,25). The number of nitrogens with zero attached hydrogens (tertiary/aromatic N) is 4. The molecule has 2 rings (SSSR count). The van der Waals surface area contributed by atoms with Gasteiger partial charge in [-0.2, -0.15) is 18.3 Å². The minimum atomic E-state index is -4.54. The lowest BCUT2D eigenvalue weighted by Gasteiger charge is -2.15. The second kappa shape index (κ2) is 8.07. The van der Waals surface area contributed by atoms with Crippen LogP contribution < -0.4 is 5.32 Å². The third-order valence-electron chi connectivity index (χ3n) is 3.41. The quantitative estimate of drug-likeness (QED) is 0.610. The minimum Gasteiger partial charge on any atom is -0.351 e. The zero-order valence-corrected chi connectivity index (χ0v) is 15.7. The maximum absolute atomic E-state index is 12.8. The van der Waals surface area contributed by atoms with Crippen LogP contribution in [0.25, 0.3) is 0 Å². The molecule has 10 heteroatoms. The molecule has 1 atom stereocenters. The maximum atomic E-state index is 12.8. The van der Waals surface area contributed by atoms with Gasteiger partial charge in [0.2, 0.25) is 5.91 Å². The number of carbonyl (C=O) groups excluding carboxylic acids is 1. The highest BCUT2D eigenvalue weighted by Gasteiger charge is 2.33. The summed E-state index contributed by atoms with van der Waals surface area (Å²) >= 11 is 0.872. The van der Waals surface area contributed by atoms with Crippen molar-refractivity contribution in [1.29, 1.82) is 0 Å². The van der Waals surface area contributed by atoms with E-state index in [9.17, 15) is 18.0 Å². The first kappa shape index (κ1) is 20.2. The summed E-state index contributed by atoms with van der Waals surface area (Å²) in [7, 11) is 0. The van der Waals surface area contributed by atoms with Gasteiger partial charge in [0, 0.05) is 17.4 Å². The fraction of sp³-hybridized carbons (Fsp3) is 0.500. The molecule has 2 heterocycles. The molecule has 0 spiro atoms. The Morgan fingerprint density at radius 3 is 2.50 bits per heavy atom. The van der Waals surface area contributed by atoms with E-state index >= 15 is 0 Å². The predicted molar refractivity (Wildman–Crippen MR) is 91.8 cm³/mol. The van der Waals surface area contributed by atoms with Gasteiger partial charge in [-0.05, 0) is 39.8 Å². The fourth-order valence-electron chi connectivity index (χ4n) is 2.36. The lowest BCUT2D eigenvalue weighted by molar-refractivity contribution is -0.141. The predicted octanol–water partition coefficient (Wildman–Crippen LogP) is 2.91. The van der Waals surface area contributed by atoms with E-state index in [1.807, 2.05) is 26.8 Å². The molecule has 0 aliphatic rings. The van der Waals surface area contributed by atoms with Crippen molar-refractivity contribution in [3.05, 3.63) is 34.9 Å². The average molecular weight is 387 g/mol. The van der Waals surface area contributed by atoms with E-state index in [2.05, 4.69) is 20.4 Å². The third kappa shape index (κ3) is 5.72. The van der Waals surface area contributed by atoms with Crippen molar-refractivity contribution in [3.8, 4) is 0 Å². The second-order valence-electron chi connectivity index (χ2n) is 6.04. The Balaban J connectivity index is 1.90. The monoisotopic (exact) mass is 387 g/mol. The molecule has 0 aliphatic heterocycles. The molecule has 0 aromatic carbocycles. The van der Waals surface area contributed by atoms with Crippen molar-refractivity contribution in [3.63, 3.8) is 0 Å². The molecule has 142 valence electrons. The summed E-state index contributed by atoms with van der Waals surface area (Å²) in [6, 6.07) is 2.64. The smallest absolute Gasteiger partial charge is 0.351 e. The highest BCUT2D eigenvalue weighted by atomic mass is 32.2. The molecule has 1 N–H and O–H groups in total. The van der Waals surface area contributed by atoms with Gasteiger partial charge in [0.1, 0.15) is 5.69 Å². The highest BCUT2D eigenvalue weighted by Crippen LogP contribution is 2.29. The van der Waals surface area contributed by atoms with Gasteiger partial charge < -0.3 is 5.32 Å². The van der Waals surface area contributed by atoms with Crippen molar-refractivity contribution in [1.82, 2.24) is 25.1 Å². The molecule has 2 aromatic heterocycles. The van der Waals surface area contributed by atoms with Crippen molar-refractivity contribution in [2.24, 2.45) is 0 Å². The molecule has 0 bridgehead atoms. The Hall–Kier alpha value is -2.10. The number of aryl methyl sites for hydroxylation is 3. The fourth-order valence-corrected chi connectivity index (χ4v) is 3.08. The molecule has 1 unspecified atom stereocenters. The first-order chi connectivity index (χ1) is 12.0. The van der Waals surface area contributed by atoms with Crippen LogP contribution in [0, 0.1) is 20.8 Å². The van der Waals surface area contributed by atoms with E-state index < -0.39 is 11.9 Å². The number of rotatable bonds is 6. The number of thioether (sulfide) groups is 1.